The van der Waals surface area contributed by atoms with E-state index in [2.05, 4.69) is 30.6 Å². The molecule has 154 valence electrons. The smallest absolute Gasteiger partial charge is 0.265 e. The van der Waals surface area contributed by atoms with E-state index in [0.717, 1.165) is 19.4 Å². The van der Waals surface area contributed by atoms with Crippen molar-refractivity contribution in [1.29, 1.82) is 0 Å². The fourth-order valence-corrected chi connectivity index (χ4v) is 3.99. The molecule has 1 atom stereocenters. The largest absolute Gasteiger partial charge is 0.344 e. The fourth-order valence-electron chi connectivity index (χ4n) is 3.36. The van der Waals surface area contributed by atoms with Crippen LogP contribution >= 0.6 is 0 Å². The van der Waals surface area contributed by atoms with Crippen LogP contribution < -0.4 is 4.90 Å². The minimum atomic E-state index is -3.26. The first-order valence-electron chi connectivity index (χ1n) is 9.15. The van der Waals surface area contributed by atoms with E-state index in [9.17, 15) is 8.42 Å². The van der Waals surface area contributed by atoms with Crippen LogP contribution in [0.1, 0.15) is 30.6 Å². The maximum atomic E-state index is 11.7. The Morgan fingerprint density at radius 3 is 2.66 bits per heavy atom. The lowest BCUT2D eigenvalue weighted by molar-refractivity contribution is 0.196. The van der Waals surface area contributed by atoms with E-state index < -0.39 is 9.84 Å². The van der Waals surface area contributed by atoms with E-state index in [1.165, 1.54) is 6.26 Å². The molecule has 0 unspecified atom stereocenters. The standard InChI is InChI=1S/C17H22N8O3S/c1-23(2)17-18-16(28-20-17)14-5-4-10-24(14)11-15-19-21-22-25(15)12-6-8-13(9-7-12)29(3,26)27/h6-9,14H,4-5,10-11H2,1-3H3/t14-/m0/s1. The number of anilines is 1. The first-order valence-corrected chi connectivity index (χ1v) is 11.0. The maximum absolute atomic E-state index is 11.7. The molecule has 1 saturated heterocycles. The molecule has 0 N–H and O–H groups in total. The average molecular weight is 418 g/mol. The van der Waals surface area contributed by atoms with Gasteiger partial charge in [0.25, 0.3) is 5.95 Å². The summed E-state index contributed by atoms with van der Waals surface area (Å²) in [5, 5.41) is 16.0. The Labute approximate surface area is 168 Å². The van der Waals surface area contributed by atoms with Gasteiger partial charge in [-0.15, -0.1) is 5.10 Å². The zero-order chi connectivity index (χ0) is 20.6. The van der Waals surface area contributed by atoms with Crippen LogP contribution in [-0.4, -0.2) is 70.6 Å². The lowest BCUT2D eigenvalue weighted by Crippen LogP contribution is -2.25. The normalized spacial score (nSPS) is 17.7. The minimum absolute atomic E-state index is 0.00830. The van der Waals surface area contributed by atoms with E-state index in [4.69, 9.17) is 4.52 Å². The highest BCUT2D eigenvalue weighted by Gasteiger charge is 2.32. The third-order valence-corrected chi connectivity index (χ3v) is 6.00. The second kappa shape index (κ2) is 7.52. The van der Waals surface area contributed by atoms with E-state index >= 15 is 0 Å². The topological polar surface area (TPSA) is 123 Å². The number of benzene rings is 1. The van der Waals surface area contributed by atoms with Gasteiger partial charge in [-0.3, -0.25) is 4.90 Å². The summed E-state index contributed by atoms with van der Waals surface area (Å²) in [7, 11) is 0.475. The monoisotopic (exact) mass is 418 g/mol. The summed E-state index contributed by atoms with van der Waals surface area (Å²) in [6.07, 6.45) is 3.10. The van der Waals surface area contributed by atoms with E-state index in [1.807, 2.05) is 14.1 Å². The van der Waals surface area contributed by atoms with E-state index in [0.29, 0.717) is 29.9 Å². The van der Waals surface area contributed by atoms with Crippen molar-refractivity contribution >= 4 is 15.8 Å². The Kier molecular flexibility index (Phi) is 5.04. The van der Waals surface area contributed by atoms with Crippen LogP contribution in [0.5, 0.6) is 0 Å². The Morgan fingerprint density at radius 1 is 1.24 bits per heavy atom. The van der Waals surface area contributed by atoms with Gasteiger partial charge in [-0.25, -0.2) is 8.42 Å². The van der Waals surface area contributed by atoms with Crippen molar-refractivity contribution < 1.29 is 12.9 Å². The van der Waals surface area contributed by atoms with Gasteiger partial charge in [-0.2, -0.15) is 9.67 Å². The zero-order valence-corrected chi connectivity index (χ0v) is 17.2. The predicted octanol–water partition coefficient (Wildman–Crippen LogP) is 0.852. The van der Waals surface area contributed by atoms with Gasteiger partial charge in [0.1, 0.15) is 0 Å². The summed E-state index contributed by atoms with van der Waals surface area (Å²) in [4.78, 5) is 8.74. The summed E-state index contributed by atoms with van der Waals surface area (Å²) in [6.45, 7) is 1.37. The Hall–Kier alpha value is -2.86. The van der Waals surface area contributed by atoms with Gasteiger partial charge >= 0.3 is 0 Å². The number of aromatic nitrogens is 6. The molecule has 3 heterocycles. The van der Waals surface area contributed by atoms with Crippen LogP contribution in [0, 0.1) is 0 Å². The minimum Gasteiger partial charge on any atom is -0.344 e. The van der Waals surface area contributed by atoms with Gasteiger partial charge in [0, 0.05) is 20.4 Å². The molecule has 0 radical (unpaired) electrons. The van der Waals surface area contributed by atoms with Crippen LogP contribution in [0.25, 0.3) is 5.69 Å². The average Bonchev–Trinajstić information content (AvgIpc) is 3.42. The fraction of sp³-hybridized carbons (Fsp3) is 0.471. The van der Waals surface area contributed by atoms with Crippen molar-refractivity contribution in [3.05, 3.63) is 36.0 Å². The van der Waals surface area contributed by atoms with Crippen molar-refractivity contribution in [2.24, 2.45) is 0 Å². The molecular weight excluding hydrogens is 396 g/mol. The third kappa shape index (κ3) is 3.98. The second-order valence-electron chi connectivity index (χ2n) is 7.23. The zero-order valence-electron chi connectivity index (χ0n) is 16.4. The van der Waals surface area contributed by atoms with Crippen molar-refractivity contribution in [3.8, 4) is 5.69 Å². The number of rotatable bonds is 6. The molecule has 29 heavy (non-hydrogen) atoms. The SMILES string of the molecule is CN(C)c1noc([C@@H]2CCCN2Cc2nnnn2-c2ccc(S(C)(=O)=O)cc2)n1. The quantitative estimate of drug-likeness (QED) is 0.569. The molecule has 0 bridgehead atoms. The molecule has 1 aliphatic heterocycles. The molecule has 3 aromatic rings. The number of hydrogen-bond donors (Lipinski definition) is 0. The molecule has 11 nitrogen and oxygen atoms in total. The molecule has 1 aromatic carbocycles. The first kappa shape index (κ1) is 19.5. The summed E-state index contributed by atoms with van der Waals surface area (Å²) in [5.41, 5.74) is 0.695. The highest BCUT2D eigenvalue weighted by molar-refractivity contribution is 7.90. The van der Waals surface area contributed by atoms with Gasteiger partial charge in [-0.05, 0) is 59.2 Å². The molecule has 1 aliphatic rings. The molecule has 0 spiro atoms. The van der Waals surface area contributed by atoms with Crippen molar-refractivity contribution in [1.82, 2.24) is 35.2 Å². The van der Waals surface area contributed by atoms with Crippen LogP contribution in [0.15, 0.2) is 33.7 Å². The lowest BCUT2D eigenvalue weighted by atomic mass is 10.2. The van der Waals surface area contributed by atoms with E-state index in [-0.39, 0.29) is 10.9 Å². The van der Waals surface area contributed by atoms with Crippen LogP contribution in [0.3, 0.4) is 0 Å². The number of sulfone groups is 1. The molecule has 2 aromatic heterocycles. The van der Waals surface area contributed by atoms with Gasteiger partial charge in [0.2, 0.25) is 5.89 Å². The summed E-state index contributed by atoms with van der Waals surface area (Å²) in [6, 6.07) is 6.50. The predicted molar refractivity (Wildman–Crippen MR) is 103 cm³/mol. The first-order chi connectivity index (χ1) is 13.8. The Bertz CT molecular complexity index is 1090. The van der Waals surface area contributed by atoms with Crippen LogP contribution in [0.4, 0.5) is 5.95 Å². The van der Waals surface area contributed by atoms with Gasteiger partial charge in [-0.1, -0.05) is 0 Å². The highest BCUT2D eigenvalue weighted by atomic mass is 32.2. The van der Waals surface area contributed by atoms with Gasteiger partial charge in [0.15, 0.2) is 15.7 Å². The van der Waals surface area contributed by atoms with Gasteiger partial charge < -0.3 is 9.42 Å². The Balaban J connectivity index is 1.55. The molecule has 12 heteroatoms. The van der Waals surface area contributed by atoms with Crippen molar-refractivity contribution in [3.63, 3.8) is 0 Å². The molecule has 0 aliphatic carbocycles. The number of tetrazole rings is 1. The number of nitrogens with zero attached hydrogens (tertiary/aromatic N) is 8. The molecule has 4 rings (SSSR count). The molecular formula is C17H22N8O3S. The van der Waals surface area contributed by atoms with Crippen molar-refractivity contribution in [2.45, 2.75) is 30.3 Å². The molecule has 0 amide bonds. The second-order valence-corrected chi connectivity index (χ2v) is 9.24. The van der Waals surface area contributed by atoms with Crippen LogP contribution in [-0.2, 0) is 16.4 Å². The van der Waals surface area contributed by atoms with Crippen LogP contribution in [0.2, 0.25) is 0 Å². The van der Waals surface area contributed by atoms with Gasteiger partial charge in [0.05, 0.1) is 23.2 Å². The van der Waals surface area contributed by atoms with E-state index in [1.54, 1.807) is 33.8 Å². The summed E-state index contributed by atoms with van der Waals surface area (Å²) < 4.78 is 30.4. The summed E-state index contributed by atoms with van der Waals surface area (Å²) in [5.74, 6) is 1.78. The number of likely N-dealkylation sites (tertiary alicyclic amines) is 1. The number of hydrogen-bond acceptors (Lipinski definition) is 10. The Morgan fingerprint density at radius 2 is 2.00 bits per heavy atom. The third-order valence-electron chi connectivity index (χ3n) is 4.87. The van der Waals surface area contributed by atoms with Crippen molar-refractivity contribution in [2.75, 3.05) is 31.8 Å². The highest BCUT2D eigenvalue weighted by Crippen LogP contribution is 2.32. The lowest BCUT2D eigenvalue weighted by Gasteiger charge is -2.20. The maximum Gasteiger partial charge on any atom is 0.265 e. The molecule has 0 saturated carbocycles. The summed E-state index contributed by atoms with van der Waals surface area (Å²) >= 11 is 0. The molecule has 1 fully saturated rings.